The molecule has 0 bridgehead atoms. The number of hydrogen-bond acceptors (Lipinski definition) is 3. The van der Waals surface area contributed by atoms with Crippen molar-refractivity contribution >= 4 is 0 Å². The highest BCUT2D eigenvalue weighted by atomic mass is 16.5. The molecule has 1 fully saturated rings. The molecule has 3 nitrogen and oxygen atoms in total. The van der Waals surface area contributed by atoms with Gasteiger partial charge in [0.15, 0.2) is 0 Å². The van der Waals surface area contributed by atoms with Crippen molar-refractivity contribution in [2.24, 2.45) is 5.41 Å². The van der Waals surface area contributed by atoms with E-state index in [0.29, 0.717) is 11.5 Å². The van der Waals surface area contributed by atoms with Crippen LogP contribution in [0.25, 0.3) is 0 Å². The predicted octanol–water partition coefficient (Wildman–Crippen LogP) is 2.76. The van der Waals surface area contributed by atoms with Crippen LogP contribution in [0.1, 0.15) is 31.4 Å². The van der Waals surface area contributed by atoms with Gasteiger partial charge in [-0.2, -0.15) is 0 Å². The van der Waals surface area contributed by atoms with Crippen LogP contribution in [-0.4, -0.2) is 21.3 Å². The van der Waals surface area contributed by atoms with Crippen LogP contribution in [0.15, 0.2) is 18.2 Å². The summed E-state index contributed by atoms with van der Waals surface area (Å²) in [4.78, 5) is 0. The van der Waals surface area contributed by atoms with Crippen LogP contribution in [0.2, 0.25) is 0 Å². The fourth-order valence-corrected chi connectivity index (χ4v) is 2.42. The van der Waals surface area contributed by atoms with Crippen molar-refractivity contribution in [1.29, 1.82) is 0 Å². The van der Waals surface area contributed by atoms with E-state index in [0.717, 1.165) is 11.5 Å². The molecule has 0 saturated heterocycles. The molecule has 0 spiro atoms. The quantitative estimate of drug-likeness (QED) is 0.851. The van der Waals surface area contributed by atoms with Crippen molar-refractivity contribution in [2.75, 3.05) is 21.3 Å². The Bertz CT molecular complexity index is 399. The van der Waals surface area contributed by atoms with Crippen LogP contribution in [0.3, 0.4) is 0 Å². The van der Waals surface area contributed by atoms with Crippen LogP contribution in [0.5, 0.6) is 11.5 Å². The lowest BCUT2D eigenvalue weighted by atomic mass is 9.91. The summed E-state index contributed by atoms with van der Waals surface area (Å²) >= 11 is 0. The zero-order valence-corrected chi connectivity index (χ0v) is 11.0. The molecule has 1 atom stereocenters. The van der Waals surface area contributed by atoms with Crippen molar-refractivity contribution in [3.05, 3.63) is 23.8 Å². The van der Waals surface area contributed by atoms with E-state index < -0.39 is 0 Å². The van der Waals surface area contributed by atoms with Gasteiger partial charge in [0, 0.05) is 17.7 Å². The summed E-state index contributed by atoms with van der Waals surface area (Å²) in [7, 11) is 5.39. The van der Waals surface area contributed by atoms with Gasteiger partial charge in [-0.15, -0.1) is 0 Å². The Hall–Kier alpha value is -1.22. The van der Waals surface area contributed by atoms with Gasteiger partial charge in [-0.05, 0) is 31.4 Å². The zero-order chi connectivity index (χ0) is 12.5. The number of ether oxygens (including phenoxy) is 2. The number of rotatable bonds is 5. The minimum Gasteiger partial charge on any atom is -0.497 e. The Labute approximate surface area is 103 Å². The number of hydrogen-bond donors (Lipinski definition) is 1. The van der Waals surface area contributed by atoms with Crippen molar-refractivity contribution in [3.63, 3.8) is 0 Å². The van der Waals surface area contributed by atoms with Crippen LogP contribution < -0.4 is 14.8 Å². The predicted molar refractivity (Wildman–Crippen MR) is 68.7 cm³/mol. The average Bonchev–Trinajstić information content (AvgIpc) is 3.09. The molecule has 1 unspecified atom stereocenters. The maximum absolute atomic E-state index is 5.47. The molecule has 0 radical (unpaired) electrons. The molecule has 0 heterocycles. The summed E-state index contributed by atoms with van der Waals surface area (Å²) in [5.41, 5.74) is 1.59. The molecule has 17 heavy (non-hydrogen) atoms. The molecule has 94 valence electrons. The minimum absolute atomic E-state index is 0.350. The highest BCUT2D eigenvalue weighted by Gasteiger charge is 2.45. The first-order chi connectivity index (χ1) is 8.14. The molecule has 0 aromatic heterocycles. The molecule has 2 rings (SSSR count). The van der Waals surface area contributed by atoms with E-state index in [9.17, 15) is 0 Å². The Morgan fingerprint density at radius 2 is 1.94 bits per heavy atom. The van der Waals surface area contributed by atoms with Crippen LogP contribution in [0, 0.1) is 5.41 Å². The van der Waals surface area contributed by atoms with Gasteiger partial charge in [-0.1, -0.05) is 13.0 Å². The lowest BCUT2D eigenvalue weighted by Gasteiger charge is -2.25. The fraction of sp³-hybridized carbons (Fsp3) is 0.571. The highest BCUT2D eigenvalue weighted by Crippen LogP contribution is 2.55. The molecule has 0 aliphatic heterocycles. The molecule has 1 N–H and O–H groups in total. The van der Waals surface area contributed by atoms with Gasteiger partial charge in [0.1, 0.15) is 11.5 Å². The van der Waals surface area contributed by atoms with Gasteiger partial charge < -0.3 is 14.8 Å². The van der Waals surface area contributed by atoms with Gasteiger partial charge in [-0.3, -0.25) is 0 Å². The first-order valence-corrected chi connectivity index (χ1v) is 6.04. The Kier molecular flexibility index (Phi) is 3.29. The van der Waals surface area contributed by atoms with Crippen molar-refractivity contribution in [2.45, 2.75) is 25.8 Å². The van der Waals surface area contributed by atoms with E-state index in [4.69, 9.17) is 9.47 Å². The van der Waals surface area contributed by atoms with E-state index in [1.165, 1.54) is 18.4 Å². The Morgan fingerprint density at radius 1 is 1.24 bits per heavy atom. The average molecular weight is 235 g/mol. The van der Waals surface area contributed by atoms with Gasteiger partial charge >= 0.3 is 0 Å². The lowest BCUT2D eigenvalue weighted by Crippen LogP contribution is -2.25. The molecule has 1 aliphatic carbocycles. The maximum atomic E-state index is 5.47. The van der Waals surface area contributed by atoms with E-state index in [-0.39, 0.29) is 0 Å². The van der Waals surface area contributed by atoms with Crippen LogP contribution in [-0.2, 0) is 0 Å². The Balaban J connectivity index is 2.36. The number of benzene rings is 1. The number of nitrogens with one attached hydrogen (secondary N) is 1. The summed E-state index contributed by atoms with van der Waals surface area (Å²) < 4.78 is 10.7. The van der Waals surface area contributed by atoms with Gasteiger partial charge in [-0.25, -0.2) is 0 Å². The minimum atomic E-state index is 0.350. The summed E-state index contributed by atoms with van der Waals surface area (Å²) in [5, 5.41) is 3.41. The largest absolute Gasteiger partial charge is 0.497 e. The van der Waals surface area contributed by atoms with E-state index in [2.05, 4.69) is 18.3 Å². The molecule has 1 saturated carbocycles. The molecule has 1 aliphatic rings. The van der Waals surface area contributed by atoms with Gasteiger partial charge in [0.05, 0.1) is 14.2 Å². The van der Waals surface area contributed by atoms with E-state index in [1.54, 1.807) is 14.2 Å². The van der Waals surface area contributed by atoms with Crippen molar-refractivity contribution < 1.29 is 9.47 Å². The SMILES string of the molecule is CNC(c1ccc(OC)cc1OC)C1(C)CC1. The van der Waals surface area contributed by atoms with Crippen LogP contribution >= 0.6 is 0 Å². The molecular formula is C14H21NO2. The second-order valence-electron chi connectivity index (χ2n) is 4.98. The Morgan fingerprint density at radius 3 is 2.41 bits per heavy atom. The lowest BCUT2D eigenvalue weighted by molar-refractivity contribution is 0.353. The van der Waals surface area contributed by atoms with Gasteiger partial charge in [0.2, 0.25) is 0 Å². The van der Waals surface area contributed by atoms with E-state index in [1.807, 2.05) is 19.2 Å². The first kappa shape index (κ1) is 12.2. The first-order valence-electron chi connectivity index (χ1n) is 6.04. The highest BCUT2D eigenvalue weighted by molar-refractivity contribution is 5.43. The topological polar surface area (TPSA) is 30.5 Å². The molecule has 3 heteroatoms. The smallest absolute Gasteiger partial charge is 0.127 e. The van der Waals surface area contributed by atoms with Crippen molar-refractivity contribution in [3.8, 4) is 11.5 Å². The summed E-state index contributed by atoms with van der Waals surface area (Å²) in [6.07, 6.45) is 2.54. The zero-order valence-electron chi connectivity index (χ0n) is 11.0. The standard InChI is InChI=1S/C14H21NO2/c1-14(7-8-14)13(15-2)11-6-5-10(16-3)9-12(11)17-4/h5-6,9,13,15H,7-8H2,1-4H3. The summed E-state index contributed by atoms with van der Waals surface area (Å²) in [6.45, 7) is 2.32. The van der Waals surface area contributed by atoms with E-state index >= 15 is 0 Å². The third-order valence-electron chi connectivity index (χ3n) is 3.78. The van der Waals surface area contributed by atoms with Crippen molar-refractivity contribution in [1.82, 2.24) is 5.32 Å². The van der Waals surface area contributed by atoms with Gasteiger partial charge in [0.25, 0.3) is 0 Å². The summed E-state index contributed by atoms with van der Waals surface area (Å²) in [6, 6.07) is 6.39. The molecular weight excluding hydrogens is 214 g/mol. The van der Waals surface area contributed by atoms with Crippen LogP contribution in [0.4, 0.5) is 0 Å². The second kappa shape index (κ2) is 4.57. The maximum Gasteiger partial charge on any atom is 0.127 e. The molecule has 0 amide bonds. The molecule has 1 aromatic rings. The number of methoxy groups -OCH3 is 2. The second-order valence-corrected chi connectivity index (χ2v) is 4.98. The third-order valence-corrected chi connectivity index (χ3v) is 3.78. The molecule has 1 aromatic carbocycles. The normalized spacial score (nSPS) is 18.6. The third kappa shape index (κ3) is 2.25. The summed E-state index contributed by atoms with van der Waals surface area (Å²) in [5.74, 6) is 1.73. The monoisotopic (exact) mass is 235 g/mol. The fourth-order valence-electron chi connectivity index (χ4n) is 2.42.